The predicted octanol–water partition coefficient (Wildman–Crippen LogP) is 3.00. The molecule has 2 nitrogen and oxygen atoms in total. The molecule has 1 aromatic rings. The first kappa shape index (κ1) is 10.7. The molecule has 0 amide bonds. The minimum Gasteiger partial charge on any atom is -0.415 e. The molecule has 0 spiro atoms. The lowest BCUT2D eigenvalue weighted by molar-refractivity contribution is -0.133. The van der Waals surface area contributed by atoms with Crippen LogP contribution in [-0.4, -0.2) is 11.3 Å². The lowest BCUT2D eigenvalue weighted by atomic mass is 10.3. The second-order valence-electron chi connectivity index (χ2n) is 2.50. The number of carbonyl (C=O) groups is 1. The molecule has 0 radical (unpaired) electrons. The van der Waals surface area contributed by atoms with E-state index < -0.39 is 0 Å². The summed E-state index contributed by atoms with van der Waals surface area (Å²) in [6, 6.07) is 1.99. The zero-order valence-electron chi connectivity index (χ0n) is 7.38. The quantitative estimate of drug-likeness (QED) is 0.616. The van der Waals surface area contributed by atoms with Crippen molar-refractivity contribution in [3.05, 3.63) is 17.0 Å². The molecule has 4 heteroatoms. The highest BCUT2D eigenvalue weighted by atomic mass is 79.9. The van der Waals surface area contributed by atoms with Gasteiger partial charge >= 0.3 is 5.97 Å². The average molecular weight is 263 g/mol. The van der Waals surface area contributed by atoms with Crippen LogP contribution in [0.1, 0.15) is 18.9 Å². The molecule has 0 aromatic carbocycles. The van der Waals surface area contributed by atoms with E-state index in [1.807, 2.05) is 11.4 Å². The molecule has 1 aromatic heterocycles. The van der Waals surface area contributed by atoms with Gasteiger partial charge in [0.25, 0.3) is 0 Å². The maximum Gasteiger partial charge on any atom is 0.311 e. The molecule has 0 saturated heterocycles. The van der Waals surface area contributed by atoms with E-state index in [9.17, 15) is 4.79 Å². The van der Waals surface area contributed by atoms with E-state index >= 15 is 0 Å². The number of ether oxygens (including phenoxy) is 1. The van der Waals surface area contributed by atoms with Crippen molar-refractivity contribution in [1.29, 1.82) is 0 Å². The number of hydrogen-bond acceptors (Lipinski definition) is 3. The van der Waals surface area contributed by atoms with Crippen LogP contribution in [0.4, 0.5) is 0 Å². The van der Waals surface area contributed by atoms with Gasteiger partial charge in [-0.1, -0.05) is 22.9 Å². The fraction of sp³-hybridized carbons (Fsp3) is 0.444. The van der Waals surface area contributed by atoms with E-state index in [-0.39, 0.29) is 5.97 Å². The monoisotopic (exact) mass is 262 g/mol. The van der Waals surface area contributed by atoms with Gasteiger partial charge in [-0.15, -0.1) is 11.3 Å². The van der Waals surface area contributed by atoms with Crippen molar-refractivity contribution in [1.82, 2.24) is 0 Å². The average Bonchev–Trinajstić information content (AvgIpc) is 2.54. The van der Waals surface area contributed by atoms with E-state index in [1.54, 1.807) is 6.92 Å². The van der Waals surface area contributed by atoms with Crippen LogP contribution in [-0.2, 0) is 11.2 Å². The molecule has 0 atom stereocenters. The lowest BCUT2D eigenvalue weighted by Gasteiger charge is -2.01. The van der Waals surface area contributed by atoms with E-state index in [4.69, 9.17) is 4.74 Å². The maximum absolute atomic E-state index is 11.0. The zero-order valence-corrected chi connectivity index (χ0v) is 9.78. The Labute approximate surface area is 90.0 Å². The van der Waals surface area contributed by atoms with E-state index in [2.05, 4.69) is 15.9 Å². The van der Waals surface area contributed by atoms with Gasteiger partial charge in [-0.05, 0) is 17.9 Å². The van der Waals surface area contributed by atoms with E-state index in [0.29, 0.717) is 6.42 Å². The highest BCUT2D eigenvalue weighted by Gasteiger charge is 2.08. The van der Waals surface area contributed by atoms with Crippen molar-refractivity contribution >= 4 is 33.2 Å². The molecule has 0 unspecified atom stereocenters. The molecule has 0 aliphatic carbocycles. The van der Waals surface area contributed by atoms with Crippen molar-refractivity contribution in [2.24, 2.45) is 0 Å². The largest absolute Gasteiger partial charge is 0.415 e. The van der Waals surface area contributed by atoms with Gasteiger partial charge in [0, 0.05) is 17.3 Å². The van der Waals surface area contributed by atoms with Crippen LogP contribution in [0.25, 0.3) is 0 Å². The summed E-state index contributed by atoms with van der Waals surface area (Å²) in [5.74, 6) is -0.168. The third-order valence-corrected chi connectivity index (χ3v) is 2.79. The second kappa shape index (κ2) is 5.40. The maximum atomic E-state index is 11.0. The molecule has 1 rings (SSSR count). The summed E-state index contributed by atoms with van der Waals surface area (Å²) in [5.41, 5.74) is 1.10. The van der Waals surface area contributed by atoms with Crippen molar-refractivity contribution in [3.63, 3.8) is 0 Å². The fourth-order valence-corrected chi connectivity index (χ4v) is 2.12. The Balaban J connectivity index is 2.64. The second-order valence-corrected chi connectivity index (χ2v) is 4.17. The molecule has 0 N–H and O–H groups in total. The highest BCUT2D eigenvalue weighted by Crippen LogP contribution is 2.27. The van der Waals surface area contributed by atoms with Crippen LogP contribution < -0.4 is 4.74 Å². The Morgan fingerprint density at radius 1 is 1.69 bits per heavy atom. The summed E-state index contributed by atoms with van der Waals surface area (Å²) in [5, 5.41) is 3.57. The standard InChI is InChI=1S/C9H11BrO2S/c1-2-8(11)12-9-7(3-5-10)4-6-13-9/h4,6H,2-3,5H2,1H3. The number of halogens is 1. The number of esters is 1. The third-order valence-electron chi connectivity index (χ3n) is 1.57. The highest BCUT2D eigenvalue weighted by molar-refractivity contribution is 9.09. The first-order chi connectivity index (χ1) is 6.27. The minimum absolute atomic E-state index is 0.168. The molecule has 0 aliphatic rings. The van der Waals surface area contributed by atoms with Crippen LogP contribution in [0, 0.1) is 0 Å². The molecule has 1 heterocycles. The summed E-state index contributed by atoms with van der Waals surface area (Å²) in [6.07, 6.45) is 1.32. The van der Waals surface area contributed by atoms with Gasteiger partial charge in [0.2, 0.25) is 0 Å². The van der Waals surface area contributed by atoms with E-state index in [0.717, 1.165) is 22.4 Å². The lowest BCUT2D eigenvalue weighted by Crippen LogP contribution is -2.05. The molecule has 13 heavy (non-hydrogen) atoms. The Kier molecular flexibility index (Phi) is 4.45. The first-order valence-corrected chi connectivity index (χ1v) is 6.11. The van der Waals surface area contributed by atoms with Crippen molar-refractivity contribution in [2.45, 2.75) is 19.8 Å². The fourth-order valence-electron chi connectivity index (χ4n) is 0.874. The summed E-state index contributed by atoms with van der Waals surface area (Å²) < 4.78 is 5.15. The van der Waals surface area contributed by atoms with Crippen LogP contribution in [0.3, 0.4) is 0 Å². The molecule has 0 aliphatic heterocycles. The summed E-state index contributed by atoms with van der Waals surface area (Å²) >= 11 is 4.82. The molecular formula is C9H11BrO2S. The number of carbonyl (C=O) groups excluding carboxylic acids is 1. The van der Waals surface area contributed by atoms with E-state index in [1.165, 1.54) is 11.3 Å². The normalized spacial score (nSPS) is 10.0. The number of aryl methyl sites for hydroxylation is 1. The minimum atomic E-state index is -0.168. The predicted molar refractivity (Wildman–Crippen MR) is 57.7 cm³/mol. The Hall–Kier alpha value is -0.350. The van der Waals surface area contributed by atoms with Gasteiger partial charge in [0.15, 0.2) is 5.06 Å². The SMILES string of the molecule is CCC(=O)Oc1sccc1CCBr. The molecular weight excluding hydrogens is 252 g/mol. The van der Waals surface area contributed by atoms with Gasteiger partial charge in [-0.3, -0.25) is 4.79 Å². The van der Waals surface area contributed by atoms with Crippen LogP contribution in [0.5, 0.6) is 5.06 Å². The van der Waals surface area contributed by atoms with Gasteiger partial charge in [0.1, 0.15) is 0 Å². The number of hydrogen-bond donors (Lipinski definition) is 0. The number of rotatable bonds is 4. The Bertz CT molecular complexity index is 283. The topological polar surface area (TPSA) is 26.3 Å². The summed E-state index contributed by atoms with van der Waals surface area (Å²) in [6.45, 7) is 1.79. The van der Waals surface area contributed by atoms with Gasteiger partial charge in [0.05, 0.1) is 0 Å². The summed E-state index contributed by atoms with van der Waals surface area (Å²) in [7, 11) is 0. The van der Waals surface area contributed by atoms with Gasteiger partial charge < -0.3 is 4.74 Å². The molecule has 72 valence electrons. The van der Waals surface area contributed by atoms with Gasteiger partial charge in [-0.2, -0.15) is 0 Å². The number of alkyl halides is 1. The first-order valence-electron chi connectivity index (χ1n) is 4.11. The van der Waals surface area contributed by atoms with Crippen LogP contribution >= 0.6 is 27.3 Å². The van der Waals surface area contributed by atoms with Crippen LogP contribution in [0.15, 0.2) is 11.4 Å². The Morgan fingerprint density at radius 2 is 2.46 bits per heavy atom. The summed E-state index contributed by atoms with van der Waals surface area (Å²) in [4.78, 5) is 11.0. The molecule has 0 fully saturated rings. The van der Waals surface area contributed by atoms with Crippen molar-refractivity contribution < 1.29 is 9.53 Å². The zero-order chi connectivity index (χ0) is 9.68. The third kappa shape index (κ3) is 3.12. The van der Waals surface area contributed by atoms with Gasteiger partial charge in [-0.25, -0.2) is 0 Å². The molecule has 0 saturated carbocycles. The number of thiophene rings is 1. The van der Waals surface area contributed by atoms with Crippen molar-refractivity contribution in [3.8, 4) is 5.06 Å². The van der Waals surface area contributed by atoms with Crippen molar-refractivity contribution in [2.75, 3.05) is 5.33 Å². The Morgan fingerprint density at radius 3 is 3.08 bits per heavy atom. The smallest absolute Gasteiger partial charge is 0.311 e. The molecule has 0 bridgehead atoms. The van der Waals surface area contributed by atoms with Crippen LogP contribution in [0.2, 0.25) is 0 Å².